The molecule has 0 spiro atoms. The summed E-state index contributed by atoms with van der Waals surface area (Å²) in [7, 11) is 0. The first-order valence-electron chi connectivity index (χ1n) is 7.85. The van der Waals surface area contributed by atoms with E-state index in [0.29, 0.717) is 52.9 Å². The summed E-state index contributed by atoms with van der Waals surface area (Å²) in [4.78, 5) is 4.00. The van der Waals surface area contributed by atoms with Crippen LogP contribution in [0.2, 0.25) is 0 Å². The zero-order valence-electron chi connectivity index (χ0n) is 14.2. The summed E-state index contributed by atoms with van der Waals surface area (Å²) in [5.41, 5.74) is 0. The molecule has 3 heterocycles. The normalized spacial score (nSPS) is 18.0. The Bertz CT molecular complexity index is 598. The number of hydrogen-bond acceptors (Lipinski definition) is 8. The van der Waals surface area contributed by atoms with Crippen LogP contribution in [0.3, 0.4) is 0 Å². The topological polar surface area (TPSA) is 114 Å². The predicted molar refractivity (Wildman–Crippen MR) is 114 cm³/mol. The molecule has 10 nitrogen and oxygen atoms in total. The Balaban J connectivity index is 0.00000261. The summed E-state index contributed by atoms with van der Waals surface area (Å²) in [6.45, 7) is 4.63. The van der Waals surface area contributed by atoms with Crippen LogP contribution in [0.4, 0.5) is 10.3 Å². The fraction of sp³-hybridized carbons (Fsp3) is 0.667. The molecular weight excluding hydrogens is 476 g/mol. The summed E-state index contributed by atoms with van der Waals surface area (Å²) < 4.78 is 1.49. The SMILES string of the molecule is [Cu+2].[SH2+]c1nnc(N2C[N-]CC[N-]CN(c3nnc([SH2+])s3)C[N-]CC[N-]C2)s1. The van der Waals surface area contributed by atoms with E-state index < -0.39 is 0 Å². The van der Waals surface area contributed by atoms with Crippen molar-refractivity contribution in [3.8, 4) is 0 Å². The zero-order valence-corrected chi connectivity index (χ0v) is 18.8. The molecule has 1 aliphatic heterocycles. The van der Waals surface area contributed by atoms with Crippen molar-refractivity contribution in [2.45, 2.75) is 8.68 Å². The molecule has 0 amide bonds. The Labute approximate surface area is 187 Å². The summed E-state index contributed by atoms with van der Waals surface area (Å²) in [6, 6.07) is 0. The van der Waals surface area contributed by atoms with Crippen LogP contribution in [-0.2, 0) is 42.3 Å². The van der Waals surface area contributed by atoms with E-state index in [1.807, 2.05) is 9.80 Å². The fourth-order valence-corrected chi connectivity index (χ4v) is 3.88. The fourth-order valence-electron chi connectivity index (χ4n) is 2.07. The van der Waals surface area contributed by atoms with Gasteiger partial charge in [0.2, 0.25) is 10.3 Å². The largest absolute Gasteiger partial charge is 2.00 e. The Morgan fingerprint density at radius 3 is 1.22 bits per heavy atom. The van der Waals surface area contributed by atoms with Crippen molar-refractivity contribution < 1.29 is 17.1 Å². The van der Waals surface area contributed by atoms with Crippen LogP contribution in [0.1, 0.15) is 0 Å². The second kappa shape index (κ2) is 12.4. The Hall–Kier alpha value is -0.221. The Morgan fingerprint density at radius 1 is 0.630 bits per heavy atom. The third-order valence-corrected chi connectivity index (χ3v) is 5.69. The van der Waals surface area contributed by atoms with E-state index >= 15 is 0 Å². The smallest absolute Gasteiger partial charge is 0.646 e. The van der Waals surface area contributed by atoms with Crippen LogP contribution in [-0.4, -0.2) is 73.2 Å². The number of aromatic nitrogens is 4. The van der Waals surface area contributed by atoms with Crippen molar-refractivity contribution in [2.75, 3.05) is 62.7 Å². The maximum absolute atomic E-state index is 4.55. The molecule has 0 bridgehead atoms. The predicted octanol–water partition coefficient (Wildman–Crippen LogP) is 0.779. The van der Waals surface area contributed by atoms with Gasteiger partial charge >= 0.3 is 25.7 Å². The second-order valence-electron chi connectivity index (χ2n) is 5.21. The van der Waals surface area contributed by atoms with E-state index in [9.17, 15) is 0 Å². The van der Waals surface area contributed by atoms with Gasteiger partial charge in [-0.15, -0.1) is 10.2 Å². The Morgan fingerprint density at radius 2 is 0.963 bits per heavy atom. The monoisotopic (exact) mass is 495 g/mol. The van der Waals surface area contributed by atoms with Crippen LogP contribution < -0.4 is 9.80 Å². The molecule has 27 heavy (non-hydrogen) atoms. The van der Waals surface area contributed by atoms with Crippen molar-refractivity contribution in [1.29, 1.82) is 0 Å². The van der Waals surface area contributed by atoms with Gasteiger partial charge < -0.3 is 31.1 Å². The quantitative estimate of drug-likeness (QED) is 0.449. The third kappa shape index (κ3) is 7.61. The molecule has 15 heteroatoms. The molecule has 0 aromatic carbocycles. The molecule has 1 radical (unpaired) electrons. The summed E-state index contributed by atoms with van der Waals surface area (Å²) in [6.07, 6.45) is 0. The van der Waals surface area contributed by atoms with Gasteiger partial charge in [0.1, 0.15) is 0 Å². The molecule has 0 aliphatic carbocycles. The van der Waals surface area contributed by atoms with Gasteiger partial charge in [0.15, 0.2) is 0 Å². The van der Waals surface area contributed by atoms with E-state index in [0.717, 1.165) is 18.9 Å². The van der Waals surface area contributed by atoms with Crippen LogP contribution in [0.15, 0.2) is 8.68 Å². The maximum Gasteiger partial charge on any atom is 2.00 e. The number of nitrogens with zero attached hydrogens (tertiary/aromatic N) is 10. The molecule has 153 valence electrons. The van der Waals surface area contributed by atoms with Crippen molar-refractivity contribution >= 4 is 58.2 Å². The van der Waals surface area contributed by atoms with Gasteiger partial charge in [0, 0.05) is 25.3 Å². The molecule has 0 N–H and O–H groups in total. The minimum atomic E-state index is 0. The first-order valence-corrected chi connectivity index (χ1v) is 10.5. The van der Waals surface area contributed by atoms with Crippen LogP contribution in [0.25, 0.3) is 21.3 Å². The summed E-state index contributed by atoms with van der Waals surface area (Å²) in [5.74, 6) is 0. The van der Waals surface area contributed by atoms with E-state index in [4.69, 9.17) is 0 Å². The van der Waals surface area contributed by atoms with Crippen molar-refractivity contribution in [3.63, 3.8) is 0 Å². The summed E-state index contributed by atoms with van der Waals surface area (Å²) >= 11 is 9.72. The van der Waals surface area contributed by atoms with Crippen LogP contribution in [0, 0.1) is 0 Å². The van der Waals surface area contributed by atoms with E-state index in [1.165, 1.54) is 22.7 Å². The average Bonchev–Trinajstić information content (AvgIpc) is 3.25. The maximum atomic E-state index is 4.55. The molecule has 0 saturated carbocycles. The van der Waals surface area contributed by atoms with Crippen molar-refractivity contribution in [3.05, 3.63) is 21.3 Å². The number of hydrogen-bond donors (Lipinski definition) is 0. The standard InChI is InChI=1S/C12H18N10S4.Cu/c23-11-19-17-9(25-11)21-5-13-1-2-14-6-22(8-16-4-3-15-7-21)10-18-20-12(24)26-10;/h1-8H2,(H,19,23)(H,20,24);/q-4;+2/p+2. The third-order valence-electron chi connectivity index (χ3n) is 3.29. The van der Waals surface area contributed by atoms with Gasteiger partial charge in [-0.3, -0.25) is 0 Å². The minimum Gasteiger partial charge on any atom is -0.646 e. The van der Waals surface area contributed by atoms with Gasteiger partial charge in [-0.1, -0.05) is 36.9 Å². The Kier molecular flexibility index (Phi) is 10.6. The molecule has 0 unspecified atom stereocenters. The summed E-state index contributed by atoms with van der Waals surface area (Å²) in [5, 5.41) is 36.1. The number of anilines is 2. The van der Waals surface area contributed by atoms with Gasteiger partial charge in [-0.05, 0) is 22.7 Å². The molecule has 2 aromatic heterocycles. The molecular formula is C12H20CuN10S4. The zero-order chi connectivity index (χ0) is 18.2. The number of rotatable bonds is 2. The molecule has 0 atom stereocenters. The van der Waals surface area contributed by atoms with Gasteiger partial charge in [-0.25, -0.2) is 0 Å². The first kappa shape index (κ1) is 23.1. The molecule has 3 rings (SSSR count). The second-order valence-corrected chi connectivity index (χ2v) is 8.80. The van der Waals surface area contributed by atoms with Crippen LogP contribution in [0.5, 0.6) is 0 Å². The molecule has 1 saturated heterocycles. The van der Waals surface area contributed by atoms with Crippen molar-refractivity contribution in [2.24, 2.45) is 0 Å². The van der Waals surface area contributed by atoms with E-state index in [-0.39, 0.29) is 17.1 Å². The minimum absolute atomic E-state index is 0. The average molecular weight is 496 g/mol. The van der Waals surface area contributed by atoms with Gasteiger partial charge in [0.25, 0.3) is 0 Å². The molecule has 2 aromatic rings. The van der Waals surface area contributed by atoms with E-state index in [1.54, 1.807) is 0 Å². The van der Waals surface area contributed by atoms with Gasteiger partial charge in [0.05, 0.1) is 0 Å². The molecule has 1 aliphatic rings. The van der Waals surface area contributed by atoms with Crippen molar-refractivity contribution in [1.82, 2.24) is 20.4 Å². The molecule has 1 fully saturated rings. The van der Waals surface area contributed by atoms with E-state index in [2.05, 4.69) is 66.9 Å². The van der Waals surface area contributed by atoms with Crippen LogP contribution >= 0.6 is 22.7 Å². The first-order chi connectivity index (χ1) is 12.7. The van der Waals surface area contributed by atoms with Gasteiger partial charge in [-0.2, -0.15) is 26.2 Å².